The lowest BCUT2D eigenvalue weighted by atomic mass is 10.2. The summed E-state index contributed by atoms with van der Waals surface area (Å²) in [4.78, 5) is 10.1. The number of hydrogen-bond acceptors (Lipinski definition) is 4. The van der Waals surface area contributed by atoms with Gasteiger partial charge in [0, 0.05) is 25.0 Å². The van der Waals surface area contributed by atoms with Gasteiger partial charge in [-0.2, -0.15) is 0 Å². The molecule has 6 heteroatoms. The van der Waals surface area contributed by atoms with Gasteiger partial charge in [0.05, 0.1) is 6.54 Å². The highest BCUT2D eigenvalue weighted by Crippen LogP contribution is 2.23. The zero-order valence-electron chi connectivity index (χ0n) is 10.7. The summed E-state index contributed by atoms with van der Waals surface area (Å²) in [6, 6.07) is 5.44. The second-order valence-corrected chi connectivity index (χ2v) is 4.02. The third-order valence-electron chi connectivity index (χ3n) is 2.66. The van der Waals surface area contributed by atoms with E-state index in [9.17, 15) is 8.78 Å². The molecule has 1 heterocycles. The maximum absolute atomic E-state index is 13.2. The molecule has 0 radical (unpaired) electrons. The van der Waals surface area contributed by atoms with E-state index in [1.165, 1.54) is 6.07 Å². The van der Waals surface area contributed by atoms with Crippen molar-refractivity contribution in [1.29, 1.82) is 0 Å². The zero-order valence-corrected chi connectivity index (χ0v) is 10.7. The van der Waals surface area contributed by atoms with Gasteiger partial charge in [-0.05, 0) is 25.2 Å². The number of hydrogen-bond donors (Lipinski definition) is 1. The van der Waals surface area contributed by atoms with E-state index in [2.05, 4.69) is 15.3 Å². The van der Waals surface area contributed by atoms with Gasteiger partial charge in [-0.25, -0.2) is 18.7 Å². The van der Waals surface area contributed by atoms with Crippen molar-refractivity contribution >= 4 is 11.5 Å². The molecule has 0 saturated carbocycles. The largest absolute Gasteiger partial charge is 0.329 e. The minimum Gasteiger partial charge on any atom is -0.329 e. The minimum absolute atomic E-state index is 0.521. The summed E-state index contributed by atoms with van der Waals surface area (Å²) in [5.41, 5.74) is 0.521. The Kier molecular flexibility index (Phi) is 4.01. The zero-order chi connectivity index (χ0) is 13.8. The van der Waals surface area contributed by atoms with E-state index in [0.29, 0.717) is 23.9 Å². The van der Waals surface area contributed by atoms with E-state index >= 15 is 0 Å². The van der Waals surface area contributed by atoms with E-state index in [0.717, 1.165) is 12.1 Å². The molecule has 0 bridgehead atoms. The van der Waals surface area contributed by atoms with E-state index < -0.39 is 11.6 Å². The van der Waals surface area contributed by atoms with Gasteiger partial charge in [0.25, 0.3) is 0 Å². The third-order valence-corrected chi connectivity index (χ3v) is 2.66. The van der Waals surface area contributed by atoms with Crippen LogP contribution in [0, 0.1) is 11.6 Å². The fourth-order valence-corrected chi connectivity index (χ4v) is 1.64. The summed E-state index contributed by atoms with van der Waals surface area (Å²) in [6.45, 7) is 0.541. The van der Waals surface area contributed by atoms with Crippen LogP contribution in [0.25, 0.3) is 0 Å². The molecule has 2 rings (SSSR count). The van der Waals surface area contributed by atoms with Gasteiger partial charge in [-0.3, -0.25) is 0 Å². The molecule has 1 N–H and O–H groups in total. The van der Waals surface area contributed by atoms with Crippen LogP contribution in [0.1, 0.15) is 5.82 Å². The first kappa shape index (κ1) is 13.4. The van der Waals surface area contributed by atoms with Crippen LogP contribution in [-0.2, 0) is 6.54 Å². The predicted octanol–water partition coefficient (Wildman–Crippen LogP) is 2.24. The molecule has 1 aromatic heterocycles. The minimum atomic E-state index is -0.881. The molecule has 1 aromatic carbocycles. The fourth-order valence-electron chi connectivity index (χ4n) is 1.64. The summed E-state index contributed by atoms with van der Waals surface area (Å²) in [5, 5.41) is 2.95. The molecular formula is C13H14F2N4. The van der Waals surface area contributed by atoms with Gasteiger partial charge in [0.2, 0.25) is 0 Å². The van der Waals surface area contributed by atoms with Crippen molar-refractivity contribution in [3.8, 4) is 0 Å². The smallest absolute Gasteiger partial charge is 0.160 e. The molecule has 0 saturated heterocycles. The van der Waals surface area contributed by atoms with Crippen LogP contribution in [0.5, 0.6) is 0 Å². The van der Waals surface area contributed by atoms with E-state index in [1.54, 1.807) is 31.3 Å². The molecule has 0 aliphatic rings. The quantitative estimate of drug-likeness (QED) is 0.919. The Morgan fingerprint density at radius 1 is 1.21 bits per heavy atom. The standard InChI is InChI=1S/C13H14F2N4/c1-16-8-12-17-6-5-13(18-12)19(2)9-3-4-10(14)11(15)7-9/h3-7,16H,8H2,1-2H3. The van der Waals surface area contributed by atoms with E-state index in [4.69, 9.17) is 0 Å². The highest BCUT2D eigenvalue weighted by molar-refractivity contribution is 5.58. The second kappa shape index (κ2) is 5.71. The Morgan fingerprint density at radius 3 is 2.68 bits per heavy atom. The second-order valence-electron chi connectivity index (χ2n) is 4.02. The average molecular weight is 264 g/mol. The van der Waals surface area contributed by atoms with Gasteiger partial charge in [-0.1, -0.05) is 0 Å². The summed E-state index contributed by atoms with van der Waals surface area (Å²) >= 11 is 0. The van der Waals surface area contributed by atoms with E-state index in [-0.39, 0.29) is 0 Å². The van der Waals surface area contributed by atoms with Crippen LogP contribution in [0.15, 0.2) is 30.5 Å². The number of aromatic nitrogens is 2. The van der Waals surface area contributed by atoms with Crippen LogP contribution in [0.4, 0.5) is 20.3 Å². The molecule has 19 heavy (non-hydrogen) atoms. The molecule has 4 nitrogen and oxygen atoms in total. The predicted molar refractivity (Wildman–Crippen MR) is 69.2 cm³/mol. The molecule has 0 amide bonds. The van der Waals surface area contributed by atoms with Crippen LogP contribution >= 0.6 is 0 Å². The van der Waals surface area contributed by atoms with Crippen molar-refractivity contribution in [1.82, 2.24) is 15.3 Å². The molecule has 100 valence electrons. The number of rotatable bonds is 4. The summed E-state index contributed by atoms with van der Waals surface area (Å²) < 4.78 is 26.1. The number of anilines is 2. The molecule has 2 aromatic rings. The first-order valence-electron chi connectivity index (χ1n) is 5.77. The monoisotopic (exact) mass is 264 g/mol. The SMILES string of the molecule is CNCc1nccc(N(C)c2ccc(F)c(F)c2)n1. The van der Waals surface area contributed by atoms with Gasteiger partial charge in [0.15, 0.2) is 11.6 Å². The van der Waals surface area contributed by atoms with Crippen molar-refractivity contribution in [3.63, 3.8) is 0 Å². The molecule has 0 spiro atoms. The maximum Gasteiger partial charge on any atom is 0.160 e. The van der Waals surface area contributed by atoms with Crippen LogP contribution < -0.4 is 10.2 Å². The fraction of sp³-hybridized carbons (Fsp3) is 0.231. The summed E-state index contributed by atoms with van der Waals surface area (Å²) in [7, 11) is 3.53. The van der Waals surface area contributed by atoms with E-state index in [1.807, 2.05) is 0 Å². The van der Waals surface area contributed by atoms with Crippen LogP contribution in [0.2, 0.25) is 0 Å². The number of nitrogens with zero attached hydrogens (tertiary/aromatic N) is 3. The topological polar surface area (TPSA) is 41.1 Å². The Hall–Kier alpha value is -2.08. The van der Waals surface area contributed by atoms with Gasteiger partial charge in [-0.15, -0.1) is 0 Å². The Labute approximate surface area is 110 Å². The number of nitrogens with one attached hydrogen (secondary N) is 1. The number of benzene rings is 1. The first-order chi connectivity index (χ1) is 9.11. The first-order valence-corrected chi connectivity index (χ1v) is 5.77. The van der Waals surface area contributed by atoms with Crippen molar-refractivity contribution in [3.05, 3.63) is 47.9 Å². The molecule has 0 fully saturated rings. The van der Waals surface area contributed by atoms with Crippen LogP contribution in [0.3, 0.4) is 0 Å². The van der Waals surface area contributed by atoms with Gasteiger partial charge >= 0.3 is 0 Å². The molecule has 0 aliphatic carbocycles. The molecule has 0 unspecified atom stereocenters. The highest BCUT2D eigenvalue weighted by atomic mass is 19.2. The van der Waals surface area contributed by atoms with Crippen LogP contribution in [-0.4, -0.2) is 24.1 Å². The Balaban J connectivity index is 2.29. The Bertz CT molecular complexity index is 574. The van der Waals surface area contributed by atoms with Gasteiger partial charge < -0.3 is 10.2 Å². The highest BCUT2D eigenvalue weighted by Gasteiger charge is 2.09. The normalized spacial score (nSPS) is 10.5. The summed E-state index contributed by atoms with van der Waals surface area (Å²) in [6.07, 6.45) is 1.63. The van der Waals surface area contributed by atoms with Crippen molar-refractivity contribution in [2.45, 2.75) is 6.54 Å². The lowest BCUT2D eigenvalue weighted by molar-refractivity contribution is 0.509. The lowest BCUT2D eigenvalue weighted by Crippen LogP contribution is -2.15. The van der Waals surface area contributed by atoms with Crippen molar-refractivity contribution < 1.29 is 8.78 Å². The molecule has 0 atom stereocenters. The van der Waals surface area contributed by atoms with Crippen molar-refractivity contribution in [2.24, 2.45) is 0 Å². The number of halogens is 2. The Morgan fingerprint density at radius 2 is 2.00 bits per heavy atom. The van der Waals surface area contributed by atoms with Gasteiger partial charge in [0.1, 0.15) is 11.6 Å². The van der Waals surface area contributed by atoms with Crippen molar-refractivity contribution in [2.75, 3.05) is 19.0 Å². The maximum atomic E-state index is 13.2. The average Bonchev–Trinajstić information content (AvgIpc) is 2.42. The third kappa shape index (κ3) is 3.03. The molecule has 0 aliphatic heterocycles. The molecular weight excluding hydrogens is 250 g/mol. The lowest BCUT2D eigenvalue weighted by Gasteiger charge is -2.18. The summed E-state index contributed by atoms with van der Waals surface area (Å²) in [5.74, 6) is -0.495.